The van der Waals surface area contributed by atoms with Gasteiger partial charge in [-0.1, -0.05) is 23.7 Å². The summed E-state index contributed by atoms with van der Waals surface area (Å²) in [5.74, 6) is -0.541. The lowest BCUT2D eigenvalue weighted by Gasteiger charge is -2.11. The van der Waals surface area contributed by atoms with Crippen molar-refractivity contribution < 1.29 is 19.1 Å². The van der Waals surface area contributed by atoms with Gasteiger partial charge in [-0.15, -0.1) is 0 Å². The Morgan fingerprint density at radius 2 is 2.04 bits per heavy atom. The Hall–Kier alpha value is -3.50. The molecule has 0 saturated heterocycles. The normalized spacial score (nSPS) is 10.7. The van der Waals surface area contributed by atoms with Gasteiger partial charge in [-0.05, 0) is 48.4 Å². The van der Waals surface area contributed by atoms with E-state index in [1.165, 1.54) is 13.2 Å². The van der Waals surface area contributed by atoms with Gasteiger partial charge in [0.2, 0.25) is 0 Å². The zero-order valence-corrected chi connectivity index (χ0v) is 16.0. The minimum Gasteiger partial charge on any atom is -0.493 e. The van der Waals surface area contributed by atoms with Crippen LogP contribution in [0.25, 0.3) is 6.08 Å². The van der Waals surface area contributed by atoms with Crippen LogP contribution in [0.5, 0.6) is 11.5 Å². The van der Waals surface area contributed by atoms with Crippen LogP contribution in [0.1, 0.15) is 11.1 Å². The van der Waals surface area contributed by atoms with E-state index in [-0.39, 0.29) is 12.2 Å². The van der Waals surface area contributed by atoms with Gasteiger partial charge >= 0.3 is 0 Å². The predicted molar refractivity (Wildman–Crippen MR) is 106 cm³/mol. The molecule has 2 aromatic carbocycles. The summed E-state index contributed by atoms with van der Waals surface area (Å²) in [5.41, 5.74) is 6.72. The van der Waals surface area contributed by atoms with Crippen LogP contribution in [-0.4, -0.2) is 25.5 Å². The summed E-state index contributed by atoms with van der Waals surface area (Å²) in [6, 6.07) is 11.7. The minimum atomic E-state index is -0.620. The Balaban J connectivity index is 2.25. The van der Waals surface area contributed by atoms with Crippen molar-refractivity contribution in [3.8, 4) is 17.6 Å². The second kappa shape index (κ2) is 9.44. The van der Waals surface area contributed by atoms with Crippen molar-refractivity contribution in [1.29, 1.82) is 5.26 Å². The summed E-state index contributed by atoms with van der Waals surface area (Å²) in [6.07, 6.45) is 1.41. The highest BCUT2D eigenvalue weighted by molar-refractivity contribution is 6.31. The average molecular weight is 400 g/mol. The van der Waals surface area contributed by atoms with E-state index in [9.17, 15) is 14.9 Å². The summed E-state index contributed by atoms with van der Waals surface area (Å²) >= 11 is 6.05. The number of ether oxygens (including phenoxy) is 2. The zero-order valence-electron chi connectivity index (χ0n) is 15.3. The highest BCUT2D eigenvalue weighted by Gasteiger charge is 2.13. The summed E-state index contributed by atoms with van der Waals surface area (Å²) < 4.78 is 10.5. The number of halogens is 1. The summed E-state index contributed by atoms with van der Waals surface area (Å²) in [4.78, 5) is 23.3. The Morgan fingerprint density at radius 1 is 1.29 bits per heavy atom. The van der Waals surface area contributed by atoms with Gasteiger partial charge in [0.1, 0.15) is 11.6 Å². The van der Waals surface area contributed by atoms with Crippen LogP contribution in [0.3, 0.4) is 0 Å². The molecular weight excluding hydrogens is 382 g/mol. The smallest absolute Gasteiger partial charge is 0.266 e. The quantitative estimate of drug-likeness (QED) is 0.548. The molecule has 2 rings (SSSR count). The van der Waals surface area contributed by atoms with Crippen molar-refractivity contribution in [2.24, 2.45) is 5.73 Å². The zero-order chi connectivity index (χ0) is 20.7. The number of primary amides is 1. The molecule has 0 atom stereocenters. The first kappa shape index (κ1) is 20.8. The summed E-state index contributed by atoms with van der Waals surface area (Å²) in [6.45, 7) is 1.47. The Morgan fingerprint density at radius 3 is 2.68 bits per heavy atom. The van der Waals surface area contributed by atoms with E-state index in [1.54, 1.807) is 43.3 Å². The number of rotatable bonds is 7. The molecule has 0 aliphatic carbocycles. The fourth-order valence-electron chi connectivity index (χ4n) is 2.29. The third-order valence-electron chi connectivity index (χ3n) is 3.75. The van der Waals surface area contributed by atoms with E-state index >= 15 is 0 Å². The second-order valence-electron chi connectivity index (χ2n) is 5.70. The molecule has 0 spiro atoms. The number of anilines is 1. The average Bonchev–Trinajstić information content (AvgIpc) is 2.68. The molecule has 0 unspecified atom stereocenters. The highest BCUT2D eigenvalue weighted by atomic mass is 35.5. The largest absolute Gasteiger partial charge is 0.493 e. The first-order valence-corrected chi connectivity index (χ1v) is 8.51. The maximum Gasteiger partial charge on any atom is 0.266 e. The monoisotopic (exact) mass is 399 g/mol. The first-order chi connectivity index (χ1) is 13.3. The molecule has 0 heterocycles. The standard InChI is InChI=1S/C20H18ClN3O4/c1-12-15(21)4-3-5-16(12)24-20(26)14(10-22)8-13-6-7-17(18(9-13)27-2)28-11-19(23)25/h3-9H,11H2,1-2H3,(H2,23,25)(H,24,26). The molecule has 0 radical (unpaired) electrons. The number of carbonyl (C=O) groups excluding carboxylic acids is 2. The Bertz CT molecular complexity index is 980. The molecule has 0 fully saturated rings. The van der Waals surface area contributed by atoms with Crippen molar-refractivity contribution in [1.82, 2.24) is 0 Å². The molecule has 144 valence electrons. The molecule has 0 aliphatic heterocycles. The number of nitrogens with zero attached hydrogens (tertiary/aromatic N) is 1. The van der Waals surface area contributed by atoms with Crippen molar-refractivity contribution in [3.05, 3.63) is 58.1 Å². The third-order valence-corrected chi connectivity index (χ3v) is 4.16. The lowest BCUT2D eigenvalue weighted by molar-refractivity contribution is -0.120. The van der Waals surface area contributed by atoms with Gasteiger partial charge in [-0.2, -0.15) is 5.26 Å². The number of methoxy groups -OCH3 is 1. The van der Waals surface area contributed by atoms with Crippen LogP contribution in [0.15, 0.2) is 42.0 Å². The molecule has 0 saturated carbocycles. The van der Waals surface area contributed by atoms with Crippen molar-refractivity contribution in [2.75, 3.05) is 19.0 Å². The number of carbonyl (C=O) groups is 2. The summed E-state index contributed by atoms with van der Waals surface area (Å²) in [5, 5.41) is 12.6. The van der Waals surface area contributed by atoms with Crippen LogP contribution in [0, 0.1) is 18.3 Å². The number of amides is 2. The number of nitriles is 1. The van der Waals surface area contributed by atoms with E-state index in [4.69, 9.17) is 26.8 Å². The fraction of sp³-hybridized carbons (Fsp3) is 0.150. The molecule has 8 heteroatoms. The number of hydrogen-bond acceptors (Lipinski definition) is 5. The SMILES string of the molecule is COc1cc(C=C(C#N)C(=O)Nc2cccc(Cl)c2C)ccc1OCC(N)=O. The third kappa shape index (κ3) is 5.25. The number of hydrogen-bond donors (Lipinski definition) is 2. The van der Waals surface area contributed by atoms with Gasteiger partial charge < -0.3 is 20.5 Å². The van der Waals surface area contributed by atoms with Gasteiger partial charge in [0.15, 0.2) is 18.1 Å². The molecule has 3 N–H and O–H groups in total. The first-order valence-electron chi connectivity index (χ1n) is 8.13. The molecular formula is C20H18ClN3O4. The van der Waals surface area contributed by atoms with E-state index < -0.39 is 11.8 Å². The molecule has 2 aromatic rings. The van der Waals surface area contributed by atoms with E-state index in [2.05, 4.69) is 5.32 Å². The Labute approximate surface area is 167 Å². The van der Waals surface area contributed by atoms with E-state index in [1.807, 2.05) is 6.07 Å². The molecule has 0 aliphatic rings. The topological polar surface area (TPSA) is 114 Å². The van der Waals surface area contributed by atoms with Crippen molar-refractivity contribution >= 4 is 35.2 Å². The number of nitrogens with two attached hydrogens (primary N) is 1. The fourth-order valence-corrected chi connectivity index (χ4v) is 2.46. The highest BCUT2D eigenvalue weighted by Crippen LogP contribution is 2.29. The van der Waals surface area contributed by atoms with Gasteiger partial charge in [0.25, 0.3) is 11.8 Å². The van der Waals surface area contributed by atoms with Crippen LogP contribution < -0.4 is 20.5 Å². The maximum absolute atomic E-state index is 12.5. The van der Waals surface area contributed by atoms with Crippen LogP contribution in [0.2, 0.25) is 5.02 Å². The van der Waals surface area contributed by atoms with Crippen molar-refractivity contribution in [2.45, 2.75) is 6.92 Å². The maximum atomic E-state index is 12.5. The summed E-state index contributed by atoms with van der Waals surface area (Å²) in [7, 11) is 1.43. The van der Waals surface area contributed by atoms with Crippen LogP contribution in [-0.2, 0) is 9.59 Å². The second-order valence-corrected chi connectivity index (χ2v) is 6.11. The molecule has 2 amide bonds. The van der Waals surface area contributed by atoms with Crippen molar-refractivity contribution in [3.63, 3.8) is 0 Å². The predicted octanol–water partition coefficient (Wildman–Crippen LogP) is 3.07. The number of nitrogens with one attached hydrogen (secondary N) is 1. The van der Waals surface area contributed by atoms with Gasteiger partial charge in [-0.3, -0.25) is 9.59 Å². The molecule has 0 bridgehead atoms. The molecule has 7 nitrogen and oxygen atoms in total. The van der Waals surface area contributed by atoms with E-state index in [0.29, 0.717) is 33.3 Å². The van der Waals surface area contributed by atoms with Gasteiger partial charge in [-0.25, -0.2) is 0 Å². The lowest BCUT2D eigenvalue weighted by Crippen LogP contribution is -2.20. The Kier molecular flexibility index (Phi) is 7.02. The minimum absolute atomic E-state index is 0.104. The molecule has 0 aromatic heterocycles. The number of benzene rings is 2. The lowest BCUT2D eigenvalue weighted by atomic mass is 10.1. The van der Waals surface area contributed by atoms with Crippen LogP contribution in [0.4, 0.5) is 5.69 Å². The van der Waals surface area contributed by atoms with Gasteiger partial charge in [0, 0.05) is 10.7 Å². The van der Waals surface area contributed by atoms with E-state index in [0.717, 1.165) is 0 Å². The van der Waals surface area contributed by atoms with Crippen LogP contribution >= 0.6 is 11.6 Å². The molecule has 28 heavy (non-hydrogen) atoms. The van der Waals surface area contributed by atoms with Gasteiger partial charge in [0.05, 0.1) is 7.11 Å².